The van der Waals surface area contributed by atoms with Crippen LogP contribution in [0.15, 0.2) is 152 Å². The fourth-order valence-corrected chi connectivity index (χ4v) is 11.7. The molecule has 3 saturated carbocycles. The zero-order valence-corrected chi connectivity index (χ0v) is 33.6. The second-order valence-electron chi connectivity index (χ2n) is 18.4. The number of hydrogen-bond acceptors (Lipinski definition) is 1. The Bertz CT molecular complexity index is 2590. The molecule has 2 bridgehead atoms. The minimum Gasteiger partial charge on any atom is -0.310 e. The lowest BCUT2D eigenvalue weighted by atomic mass is 9.81. The van der Waals surface area contributed by atoms with Crippen LogP contribution in [-0.4, -0.2) is 0 Å². The molecule has 282 valence electrons. The minimum absolute atomic E-state index is 0.141. The Labute approximate surface area is 339 Å². The Morgan fingerprint density at radius 3 is 1.86 bits per heavy atom. The first-order chi connectivity index (χ1) is 28.0. The van der Waals surface area contributed by atoms with Gasteiger partial charge < -0.3 is 4.90 Å². The molecule has 0 radical (unpaired) electrons. The maximum atomic E-state index is 2.48. The van der Waals surface area contributed by atoms with E-state index in [4.69, 9.17) is 0 Å². The van der Waals surface area contributed by atoms with Crippen molar-refractivity contribution in [3.05, 3.63) is 174 Å². The van der Waals surface area contributed by atoms with E-state index in [1.165, 1.54) is 136 Å². The topological polar surface area (TPSA) is 3.24 Å². The SMILES string of the molecule is CC1(C)c2cc(N(c3ccc(-c4ccc(C5CC6CCC5C6)cc4)cc3)c3ccc(C4CCCCC4)cc3)ccc2-c2c(-c3ccc4ccccc4c3)cccc21. The molecule has 0 amide bonds. The molecule has 7 aromatic rings. The maximum absolute atomic E-state index is 2.48. The van der Waals surface area contributed by atoms with E-state index in [1.54, 1.807) is 5.56 Å². The van der Waals surface area contributed by atoms with Gasteiger partial charge in [0.2, 0.25) is 0 Å². The summed E-state index contributed by atoms with van der Waals surface area (Å²) >= 11 is 0. The van der Waals surface area contributed by atoms with Gasteiger partial charge in [0.1, 0.15) is 0 Å². The summed E-state index contributed by atoms with van der Waals surface area (Å²) < 4.78 is 0. The number of anilines is 3. The average Bonchev–Trinajstić information content (AvgIpc) is 3.97. The summed E-state index contributed by atoms with van der Waals surface area (Å²) in [5.41, 5.74) is 17.2. The molecule has 1 nitrogen and oxygen atoms in total. The first kappa shape index (κ1) is 34.8. The summed E-state index contributed by atoms with van der Waals surface area (Å²) in [4.78, 5) is 2.48. The Morgan fingerprint density at radius 2 is 1.14 bits per heavy atom. The van der Waals surface area contributed by atoms with Gasteiger partial charge in [-0.3, -0.25) is 0 Å². The molecule has 4 aliphatic carbocycles. The van der Waals surface area contributed by atoms with Crippen molar-refractivity contribution in [2.24, 2.45) is 11.8 Å². The molecular weight excluding hydrogens is 687 g/mol. The fourth-order valence-electron chi connectivity index (χ4n) is 11.7. The molecule has 11 rings (SSSR count). The highest BCUT2D eigenvalue weighted by Crippen LogP contribution is 2.55. The van der Waals surface area contributed by atoms with Crippen LogP contribution in [0.25, 0.3) is 44.2 Å². The van der Waals surface area contributed by atoms with Crippen LogP contribution in [-0.2, 0) is 5.41 Å². The predicted octanol–water partition coefficient (Wildman–Crippen LogP) is 15.9. The molecule has 3 atom stereocenters. The summed E-state index contributed by atoms with van der Waals surface area (Å²) in [5.74, 6) is 3.34. The zero-order valence-electron chi connectivity index (χ0n) is 33.6. The van der Waals surface area contributed by atoms with Gasteiger partial charge in [0.25, 0.3) is 0 Å². The molecule has 0 aliphatic heterocycles. The molecule has 57 heavy (non-hydrogen) atoms. The lowest BCUT2D eigenvalue weighted by Gasteiger charge is -2.29. The first-order valence-electron chi connectivity index (χ1n) is 21.9. The average molecular weight is 740 g/mol. The Kier molecular flexibility index (Phi) is 8.50. The van der Waals surface area contributed by atoms with Crippen LogP contribution in [0, 0.1) is 11.8 Å². The van der Waals surface area contributed by atoms with Crippen LogP contribution in [0.5, 0.6) is 0 Å². The maximum Gasteiger partial charge on any atom is 0.0465 e. The van der Waals surface area contributed by atoms with Crippen molar-refractivity contribution in [2.75, 3.05) is 4.90 Å². The third kappa shape index (κ3) is 6.05. The molecule has 0 saturated heterocycles. The lowest BCUT2D eigenvalue weighted by Crippen LogP contribution is -2.16. The second-order valence-corrected chi connectivity index (χ2v) is 18.4. The summed E-state index contributed by atoms with van der Waals surface area (Å²) in [5, 5.41) is 2.56. The van der Waals surface area contributed by atoms with Crippen molar-refractivity contribution in [3.63, 3.8) is 0 Å². The van der Waals surface area contributed by atoms with Crippen LogP contribution in [0.3, 0.4) is 0 Å². The van der Waals surface area contributed by atoms with E-state index >= 15 is 0 Å². The Hall–Kier alpha value is -5.40. The minimum atomic E-state index is -0.141. The van der Waals surface area contributed by atoms with E-state index in [-0.39, 0.29) is 5.41 Å². The van der Waals surface area contributed by atoms with Gasteiger partial charge in [-0.2, -0.15) is 0 Å². The number of fused-ring (bicyclic) bond motifs is 6. The highest BCUT2D eigenvalue weighted by Gasteiger charge is 2.40. The van der Waals surface area contributed by atoms with Crippen LogP contribution < -0.4 is 4.90 Å². The van der Waals surface area contributed by atoms with Crippen LogP contribution >= 0.6 is 0 Å². The molecular formula is C56H53N. The second kappa shape index (κ2) is 13.9. The van der Waals surface area contributed by atoms with Crippen molar-refractivity contribution in [1.82, 2.24) is 0 Å². The molecule has 0 aromatic heterocycles. The lowest BCUT2D eigenvalue weighted by molar-refractivity contribution is 0.420. The van der Waals surface area contributed by atoms with Crippen molar-refractivity contribution in [3.8, 4) is 33.4 Å². The standard InChI is InChI=1S/C56H53N/c1-56(2)53-14-8-13-50(46-22-19-39-11-6-7-12-44(39)35-46)55(53)51-32-31-49(36-54(51)56)57(47-27-23-41(24-28-47)38-9-4-3-5-10-38)48-29-25-42(26-30-48)40-17-20-43(21-18-40)52-34-37-15-16-45(52)33-37/h6-8,11-14,17-32,35-38,45,52H,3-5,9-10,15-16,33-34H2,1-2H3. The van der Waals surface area contributed by atoms with Gasteiger partial charge in [-0.15, -0.1) is 0 Å². The van der Waals surface area contributed by atoms with Gasteiger partial charge in [-0.1, -0.05) is 149 Å². The van der Waals surface area contributed by atoms with Crippen LogP contribution in [0.4, 0.5) is 17.1 Å². The third-order valence-electron chi connectivity index (χ3n) is 14.8. The number of benzene rings is 7. The van der Waals surface area contributed by atoms with Gasteiger partial charge >= 0.3 is 0 Å². The Morgan fingerprint density at radius 1 is 0.474 bits per heavy atom. The molecule has 3 unspecified atom stereocenters. The van der Waals surface area contributed by atoms with Gasteiger partial charge in [0.15, 0.2) is 0 Å². The Balaban J connectivity index is 0.966. The fraction of sp³-hybridized carbons (Fsp3) is 0.286. The molecule has 3 fully saturated rings. The smallest absolute Gasteiger partial charge is 0.0465 e. The molecule has 0 heterocycles. The summed E-state index contributed by atoms with van der Waals surface area (Å²) in [6, 6.07) is 58.2. The quantitative estimate of drug-likeness (QED) is 0.157. The summed E-state index contributed by atoms with van der Waals surface area (Å²) in [6.07, 6.45) is 12.4. The number of rotatable bonds is 7. The van der Waals surface area contributed by atoms with Crippen LogP contribution in [0.2, 0.25) is 0 Å². The summed E-state index contributed by atoms with van der Waals surface area (Å²) in [6.45, 7) is 4.82. The highest BCUT2D eigenvalue weighted by atomic mass is 15.1. The molecule has 7 aromatic carbocycles. The van der Waals surface area contributed by atoms with E-state index in [1.807, 2.05) is 0 Å². The molecule has 0 N–H and O–H groups in total. The van der Waals surface area contributed by atoms with Crippen molar-refractivity contribution in [1.29, 1.82) is 0 Å². The van der Waals surface area contributed by atoms with E-state index < -0.39 is 0 Å². The van der Waals surface area contributed by atoms with E-state index in [0.29, 0.717) is 5.92 Å². The van der Waals surface area contributed by atoms with E-state index in [0.717, 1.165) is 17.8 Å². The first-order valence-corrected chi connectivity index (χ1v) is 21.9. The van der Waals surface area contributed by atoms with Gasteiger partial charge in [0, 0.05) is 22.5 Å². The van der Waals surface area contributed by atoms with Gasteiger partial charge in [0.05, 0.1) is 0 Å². The number of hydrogen-bond donors (Lipinski definition) is 0. The van der Waals surface area contributed by atoms with E-state index in [2.05, 4.69) is 170 Å². The third-order valence-corrected chi connectivity index (χ3v) is 14.8. The normalized spacial score (nSPS) is 20.8. The largest absolute Gasteiger partial charge is 0.310 e. The van der Waals surface area contributed by atoms with Crippen LogP contribution in [0.1, 0.15) is 106 Å². The molecule has 4 aliphatic rings. The monoisotopic (exact) mass is 739 g/mol. The van der Waals surface area contributed by atoms with Gasteiger partial charge in [-0.05, 0) is 165 Å². The van der Waals surface area contributed by atoms with Crippen molar-refractivity contribution in [2.45, 2.75) is 88.9 Å². The molecule has 0 spiro atoms. The zero-order chi connectivity index (χ0) is 38.1. The number of nitrogens with zero attached hydrogens (tertiary/aromatic N) is 1. The van der Waals surface area contributed by atoms with E-state index in [9.17, 15) is 0 Å². The van der Waals surface area contributed by atoms with Crippen molar-refractivity contribution < 1.29 is 0 Å². The highest BCUT2D eigenvalue weighted by molar-refractivity contribution is 5.96. The predicted molar refractivity (Wildman–Crippen MR) is 241 cm³/mol. The molecule has 1 heteroatoms. The van der Waals surface area contributed by atoms with Crippen molar-refractivity contribution >= 4 is 27.8 Å². The van der Waals surface area contributed by atoms with Gasteiger partial charge in [-0.25, -0.2) is 0 Å². The summed E-state index contributed by atoms with van der Waals surface area (Å²) in [7, 11) is 0.